The van der Waals surface area contributed by atoms with E-state index in [9.17, 15) is 9.59 Å². The molecule has 1 aromatic rings. The molecule has 0 unspecified atom stereocenters. The average Bonchev–Trinajstić information content (AvgIpc) is 2.93. The molecule has 0 aromatic heterocycles. The maximum Gasteiger partial charge on any atom is 0.321 e. The summed E-state index contributed by atoms with van der Waals surface area (Å²) in [6.45, 7) is 5.76. The Morgan fingerprint density at radius 3 is 2.62 bits per heavy atom. The van der Waals surface area contributed by atoms with Crippen LogP contribution in [0.4, 0.5) is 10.5 Å². The van der Waals surface area contributed by atoms with Crippen LogP contribution in [0.1, 0.15) is 23.7 Å². The molecule has 6 nitrogen and oxygen atoms in total. The second kappa shape index (κ2) is 7.64. The van der Waals surface area contributed by atoms with Gasteiger partial charge in [0.15, 0.2) is 0 Å². The van der Waals surface area contributed by atoms with Crippen molar-refractivity contribution in [3.8, 4) is 0 Å². The van der Waals surface area contributed by atoms with Crippen molar-refractivity contribution in [2.75, 3.05) is 37.6 Å². The van der Waals surface area contributed by atoms with E-state index < -0.39 is 0 Å². The van der Waals surface area contributed by atoms with Gasteiger partial charge in [-0.15, -0.1) is 0 Å². The van der Waals surface area contributed by atoms with Crippen LogP contribution in [0, 0.1) is 0 Å². The summed E-state index contributed by atoms with van der Waals surface area (Å²) in [7, 11) is 0. The Balaban J connectivity index is 1.83. The van der Waals surface area contributed by atoms with E-state index in [0.29, 0.717) is 25.2 Å². The molecule has 0 atom stereocenters. The summed E-state index contributed by atoms with van der Waals surface area (Å²) >= 11 is 0. The standard InChI is InChI=1S/C15H22N4O2/c1-2-7-16-8-9-17-14(20)12-3-5-13(6-4-12)19-11-10-18-15(19)21/h3-6,16H,2,7-11H2,1H3,(H,17,20)(H,18,21). The number of nitrogens with one attached hydrogen (secondary N) is 3. The molecule has 0 aliphatic carbocycles. The van der Waals surface area contributed by atoms with E-state index in [2.05, 4.69) is 22.9 Å². The van der Waals surface area contributed by atoms with Crippen molar-refractivity contribution in [1.29, 1.82) is 0 Å². The number of hydrogen-bond acceptors (Lipinski definition) is 3. The fourth-order valence-corrected chi connectivity index (χ4v) is 2.18. The number of anilines is 1. The third kappa shape index (κ3) is 4.19. The lowest BCUT2D eigenvalue weighted by Gasteiger charge is -2.14. The number of carbonyl (C=O) groups is 2. The lowest BCUT2D eigenvalue weighted by atomic mass is 10.2. The van der Waals surface area contributed by atoms with E-state index in [-0.39, 0.29) is 11.9 Å². The van der Waals surface area contributed by atoms with Gasteiger partial charge in [-0.3, -0.25) is 9.69 Å². The van der Waals surface area contributed by atoms with Gasteiger partial charge in [-0.05, 0) is 37.2 Å². The van der Waals surface area contributed by atoms with E-state index in [1.807, 2.05) is 0 Å². The summed E-state index contributed by atoms with van der Waals surface area (Å²) in [5.74, 6) is -0.0919. The van der Waals surface area contributed by atoms with Gasteiger partial charge in [0.2, 0.25) is 0 Å². The van der Waals surface area contributed by atoms with Crippen LogP contribution in [-0.2, 0) is 0 Å². The van der Waals surface area contributed by atoms with Crippen molar-refractivity contribution in [2.24, 2.45) is 0 Å². The molecule has 3 N–H and O–H groups in total. The summed E-state index contributed by atoms with van der Waals surface area (Å²) in [4.78, 5) is 25.2. The highest BCUT2D eigenvalue weighted by Gasteiger charge is 2.20. The first-order valence-corrected chi connectivity index (χ1v) is 7.36. The quantitative estimate of drug-likeness (QED) is 0.655. The largest absolute Gasteiger partial charge is 0.351 e. The molecule has 6 heteroatoms. The van der Waals surface area contributed by atoms with Gasteiger partial charge in [-0.2, -0.15) is 0 Å². The molecule has 1 fully saturated rings. The van der Waals surface area contributed by atoms with Crippen LogP contribution in [0.2, 0.25) is 0 Å². The Bertz CT molecular complexity index is 487. The maximum atomic E-state index is 11.9. The number of carbonyl (C=O) groups excluding carboxylic acids is 2. The molecule has 0 saturated carbocycles. The molecule has 1 aromatic carbocycles. The van der Waals surface area contributed by atoms with Gasteiger partial charge in [0.25, 0.3) is 5.91 Å². The van der Waals surface area contributed by atoms with E-state index in [1.165, 1.54) is 0 Å². The minimum absolute atomic E-state index is 0.0887. The Kier molecular flexibility index (Phi) is 5.57. The van der Waals surface area contributed by atoms with Gasteiger partial charge in [0.05, 0.1) is 0 Å². The minimum Gasteiger partial charge on any atom is -0.351 e. The van der Waals surface area contributed by atoms with Gasteiger partial charge in [-0.1, -0.05) is 6.92 Å². The highest BCUT2D eigenvalue weighted by Crippen LogP contribution is 2.17. The number of hydrogen-bond donors (Lipinski definition) is 3. The minimum atomic E-state index is -0.0919. The number of nitrogens with zero attached hydrogens (tertiary/aromatic N) is 1. The molecule has 2 rings (SSSR count). The van der Waals surface area contributed by atoms with Crippen LogP contribution in [-0.4, -0.2) is 44.7 Å². The molecule has 1 saturated heterocycles. The molecule has 21 heavy (non-hydrogen) atoms. The van der Waals surface area contributed by atoms with Crippen molar-refractivity contribution in [1.82, 2.24) is 16.0 Å². The highest BCUT2D eigenvalue weighted by molar-refractivity contribution is 5.96. The van der Waals surface area contributed by atoms with Crippen LogP contribution in [0.5, 0.6) is 0 Å². The number of benzene rings is 1. The Morgan fingerprint density at radius 2 is 2.00 bits per heavy atom. The van der Waals surface area contributed by atoms with Gasteiger partial charge >= 0.3 is 6.03 Å². The van der Waals surface area contributed by atoms with Crippen molar-refractivity contribution in [2.45, 2.75) is 13.3 Å². The van der Waals surface area contributed by atoms with Gasteiger partial charge in [-0.25, -0.2) is 4.79 Å². The summed E-state index contributed by atoms with van der Waals surface area (Å²) < 4.78 is 0. The van der Waals surface area contributed by atoms with Crippen LogP contribution >= 0.6 is 0 Å². The first kappa shape index (κ1) is 15.3. The zero-order valence-corrected chi connectivity index (χ0v) is 12.3. The topological polar surface area (TPSA) is 73.5 Å². The van der Waals surface area contributed by atoms with Crippen LogP contribution < -0.4 is 20.9 Å². The second-order valence-electron chi connectivity index (χ2n) is 4.94. The third-order valence-corrected chi connectivity index (χ3v) is 3.31. The Labute approximate surface area is 124 Å². The zero-order chi connectivity index (χ0) is 15.1. The fraction of sp³-hybridized carbons (Fsp3) is 0.467. The van der Waals surface area contributed by atoms with Crippen molar-refractivity contribution < 1.29 is 9.59 Å². The molecule has 114 valence electrons. The second-order valence-corrected chi connectivity index (χ2v) is 4.94. The monoisotopic (exact) mass is 290 g/mol. The summed E-state index contributed by atoms with van der Waals surface area (Å²) in [5, 5.41) is 8.84. The van der Waals surface area contributed by atoms with Gasteiger partial charge in [0.1, 0.15) is 0 Å². The van der Waals surface area contributed by atoms with E-state index in [4.69, 9.17) is 0 Å². The number of amides is 3. The summed E-state index contributed by atoms with van der Waals surface area (Å²) in [5.41, 5.74) is 1.42. The molecule has 0 radical (unpaired) electrons. The molecule has 3 amide bonds. The number of rotatable bonds is 7. The Hall–Kier alpha value is -2.08. The molecule has 1 heterocycles. The molecule has 1 aliphatic heterocycles. The SMILES string of the molecule is CCCNCCNC(=O)c1ccc(N2CCNC2=O)cc1. The van der Waals surface area contributed by atoms with Crippen molar-refractivity contribution in [3.63, 3.8) is 0 Å². The number of urea groups is 1. The Morgan fingerprint density at radius 1 is 1.24 bits per heavy atom. The molecule has 0 bridgehead atoms. The lowest BCUT2D eigenvalue weighted by molar-refractivity contribution is 0.0954. The molecule has 0 spiro atoms. The van der Waals surface area contributed by atoms with Crippen molar-refractivity contribution >= 4 is 17.6 Å². The smallest absolute Gasteiger partial charge is 0.321 e. The van der Waals surface area contributed by atoms with Gasteiger partial charge in [0, 0.05) is 37.4 Å². The first-order chi connectivity index (χ1) is 10.2. The van der Waals surface area contributed by atoms with Crippen molar-refractivity contribution in [3.05, 3.63) is 29.8 Å². The molecular formula is C15H22N4O2. The van der Waals surface area contributed by atoms with E-state index in [1.54, 1.807) is 29.2 Å². The fourth-order valence-electron chi connectivity index (χ4n) is 2.18. The van der Waals surface area contributed by atoms with Gasteiger partial charge < -0.3 is 16.0 Å². The summed E-state index contributed by atoms with van der Waals surface area (Å²) in [6, 6.07) is 7.00. The predicted molar refractivity (Wildman–Crippen MR) is 82.7 cm³/mol. The van der Waals surface area contributed by atoms with Crippen LogP contribution in [0.15, 0.2) is 24.3 Å². The first-order valence-electron chi connectivity index (χ1n) is 7.36. The lowest BCUT2D eigenvalue weighted by Crippen LogP contribution is -2.32. The molecular weight excluding hydrogens is 268 g/mol. The van der Waals surface area contributed by atoms with Crippen LogP contribution in [0.25, 0.3) is 0 Å². The predicted octanol–water partition coefficient (Wildman–Crippen LogP) is 0.946. The average molecular weight is 290 g/mol. The van der Waals surface area contributed by atoms with Crippen LogP contribution in [0.3, 0.4) is 0 Å². The normalized spacial score (nSPS) is 14.1. The maximum absolute atomic E-state index is 11.9. The zero-order valence-electron chi connectivity index (χ0n) is 12.3. The van der Waals surface area contributed by atoms with E-state index in [0.717, 1.165) is 25.2 Å². The van der Waals surface area contributed by atoms with E-state index >= 15 is 0 Å². The molecule has 1 aliphatic rings. The third-order valence-electron chi connectivity index (χ3n) is 3.31. The summed E-state index contributed by atoms with van der Waals surface area (Å²) in [6.07, 6.45) is 1.08. The highest BCUT2D eigenvalue weighted by atomic mass is 16.2.